The number of aliphatic imine (C=N–C) groups is 1. The molecular formula is C32H44N2O4. The van der Waals surface area contributed by atoms with Gasteiger partial charge in [-0.3, -0.25) is 0 Å². The maximum atomic E-state index is 12.6. The summed E-state index contributed by atoms with van der Waals surface area (Å²) in [6, 6.07) is 14.7. The second-order valence-electron chi connectivity index (χ2n) is 9.89. The van der Waals surface area contributed by atoms with Crippen LogP contribution >= 0.6 is 0 Å². The lowest BCUT2D eigenvalue weighted by atomic mass is 10.0. The van der Waals surface area contributed by atoms with Gasteiger partial charge in [0.15, 0.2) is 0 Å². The van der Waals surface area contributed by atoms with Crippen molar-refractivity contribution in [3.05, 3.63) is 59.0 Å². The van der Waals surface area contributed by atoms with Gasteiger partial charge in [-0.05, 0) is 42.3 Å². The first-order valence-electron chi connectivity index (χ1n) is 14.3. The largest absolute Gasteiger partial charge is 0.497 e. The number of fused-ring (bicyclic) bond motifs is 1. The topological polar surface area (TPSA) is 73.1 Å². The average molecular weight is 521 g/mol. The van der Waals surface area contributed by atoms with Crippen LogP contribution < -0.4 is 15.8 Å². The quantitative estimate of drug-likeness (QED) is 0.0562. The molecule has 6 heteroatoms. The van der Waals surface area contributed by atoms with Crippen molar-refractivity contribution in [3.63, 3.8) is 0 Å². The van der Waals surface area contributed by atoms with E-state index in [1.165, 1.54) is 83.5 Å². The van der Waals surface area contributed by atoms with Crippen LogP contribution in [0.5, 0.6) is 5.75 Å². The maximum Gasteiger partial charge on any atom is 0.344 e. The summed E-state index contributed by atoms with van der Waals surface area (Å²) in [5.74, 6) is 0.738. The van der Waals surface area contributed by atoms with Crippen LogP contribution in [0.15, 0.2) is 62.7 Å². The highest BCUT2D eigenvalue weighted by Gasteiger charge is 2.08. The molecule has 206 valence electrons. The zero-order valence-corrected chi connectivity index (χ0v) is 23.2. The highest BCUT2D eigenvalue weighted by molar-refractivity contribution is 5.84. The van der Waals surface area contributed by atoms with Crippen LogP contribution in [0.25, 0.3) is 22.1 Å². The number of benzene rings is 2. The number of nitrogens with zero attached hydrogens (tertiary/aromatic N) is 1. The first kappa shape index (κ1) is 29.4. The molecule has 0 unspecified atom stereocenters. The summed E-state index contributed by atoms with van der Waals surface area (Å²) in [7, 11) is 1.61. The van der Waals surface area contributed by atoms with Gasteiger partial charge in [0.05, 0.1) is 18.4 Å². The number of hydrogen-bond donors (Lipinski definition) is 1. The van der Waals surface area contributed by atoms with Crippen LogP contribution in [-0.4, -0.2) is 20.1 Å². The van der Waals surface area contributed by atoms with Crippen LogP contribution in [0.3, 0.4) is 0 Å². The third-order valence-electron chi connectivity index (χ3n) is 6.84. The molecule has 0 saturated carbocycles. The standard InChI is InChI=1S/C32H44N2O4/c1-3-4-5-6-7-8-9-10-11-12-13-14-15-22-34-37-25-33-28-19-16-27-23-30(32(35)38-31(27)24-28)26-17-20-29(36-2)21-18-26/h16-21,23-25,34H,3-15,22H2,1-2H3/b33-25+. The number of rotatable bonds is 19. The summed E-state index contributed by atoms with van der Waals surface area (Å²) >= 11 is 0. The minimum atomic E-state index is -0.389. The van der Waals surface area contributed by atoms with E-state index in [9.17, 15) is 4.79 Å². The van der Waals surface area contributed by atoms with Gasteiger partial charge in [-0.1, -0.05) is 96.1 Å². The number of hydroxylamine groups is 1. The smallest absolute Gasteiger partial charge is 0.344 e. The SMILES string of the molecule is CCCCCCCCCCCCCCCNO/C=N/c1ccc2cc(-c3ccc(OC)cc3)c(=O)oc2c1. The molecule has 2 aromatic carbocycles. The molecular weight excluding hydrogens is 476 g/mol. The fourth-order valence-electron chi connectivity index (χ4n) is 4.55. The summed E-state index contributed by atoms with van der Waals surface area (Å²) in [5, 5.41) is 0.829. The number of unbranched alkanes of at least 4 members (excludes halogenated alkanes) is 12. The van der Waals surface area contributed by atoms with Gasteiger partial charge < -0.3 is 14.0 Å². The van der Waals surface area contributed by atoms with E-state index in [-0.39, 0.29) is 5.63 Å². The minimum absolute atomic E-state index is 0.389. The molecule has 38 heavy (non-hydrogen) atoms. The van der Waals surface area contributed by atoms with E-state index in [0.717, 1.165) is 29.7 Å². The molecule has 1 aromatic heterocycles. The molecule has 0 spiro atoms. The molecule has 0 saturated heterocycles. The zero-order chi connectivity index (χ0) is 26.8. The summed E-state index contributed by atoms with van der Waals surface area (Å²) in [4.78, 5) is 22.2. The Balaban J connectivity index is 1.29. The molecule has 0 amide bonds. The molecule has 0 atom stereocenters. The second kappa shape index (κ2) is 17.4. The van der Waals surface area contributed by atoms with E-state index >= 15 is 0 Å². The summed E-state index contributed by atoms with van der Waals surface area (Å²) in [6.45, 7) is 3.07. The molecule has 0 fully saturated rings. The van der Waals surface area contributed by atoms with E-state index < -0.39 is 0 Å². The fraction of sp³-hybridized carbons (Fsp3) is 0.500. The zero-order valence-electron chi connectivity index (χ0n) is 23.2. The van der Waals surface area contributed by atoms with Crippen LogP contribution in [-0.2, 0) is 4.84 Å². The number of hydrogen-bond acceptors (Lipinski definition) is 6. The van der Waals surface area contributed by atoms with E-state index in [2.05, 4.69) is 17.4 Å². The van der Waals surface area contributed by atoms with E-state index in [1.807, 2.05) is 42.5 Å². The Hall–Kier alpha value is -3.12. The van der Waals surface area contributed by atoms with Gasteiger partial charge in [0.25, 0.3) is 0 Å². The van der Waals surface area contributed by atoms with Gasteiger partial charge in [-0.15, -0.1) is 0 Å². The third kappa shape index (κ3) is 10.3. The van der Waals surface area contributed by atoms with Crippen molar-refractivity contribution in [2.75, 3.05) is 13.7 Å². The Morgan fingerprint density at radius 1 is 0.816 bits per heavy atom. The molecule has 0 aliphatic rings. The number of methoxy groups -OCH3 is 1. The molecule has 0 radical (unpaired) electrons. The van der Waals surface area contributed by atoms with Crippen LogP contribution in [0.4, 0.5) is 5.69 Å². The predicted octanol–water partition coefficient (Wildman–Crippen LogP) is 8.74. The Labute approximate surface area is 227 Å². The van der Waals surface area contributed by atoms with E-state index in [0.29, 0.717) is 16.8 Å². The van der Waals surface area contributed by atoms with Gasteiger partial charge in [-0.25, -0.2) is 9.79 Å². The lowest BCUT2D eigenvalue weighted by Gasteiger charge is -2.05. The molecule has 0 aliphatic heterocycles. The second-order valence-corrected chi connectivity index (χ2v) is 9.89. The van der Waals surface area contributed by atoms with E-state index in [1.54, 1.807) is 13.2 Å². The van der Waals surface area contributed by atoms with Crippen molar-refractivity contribution >= 4 is 23.1 Å². The van der Waals surface area contributed by atoms with Gasteiger partial charge in [-0.2, -0.15) is 5.48 Å². The van der Waals surface area contributed by atoms with Crippen LogP contribution in [0.1, 0.15) is 90.4 Å². The van der Waals surface area contributed by atoms with Gasteiger partial charge in [0.1, 0.15) is 11.3 Å². The summed E-state index contributed by atoms with van der Waals surface area (Å²) in [6.07, 6.45) is 18.8. The molecule has 0 bridgehead atoms. The molecule has 1 heterocycles. The van der Waals surface area contributed by atoms with Gasteiger partial charge in [0, 0.05) is 18.0 Å². The lowest BCUT2D eigenvalue weighted by Crippen LogP contribution is -2.14. The normalized spacial score (nSPS) is 11.4. The average Bonchev–Trinajstić information content (AvgIpc) is 2.94. The van der Waals surface area contributed by atoms with Crippen molar-refractivity contribution in [1.29, 1.82) is 0 Å². The highest BCUT2D eigenvalue weighted by Crippen LogP contribution is 2.25. The molecule has 3 rings (SSSR count). The number of nitrogens with one attached hydrogen (secondary N) is 1. The van der Waals surface area contributed by atoms with Crippen molar-refractivity contribution in [1.82, 2.24) is 5.48 Å². The molecule has 3 aromatic rings. The summed E-state index contributed by atoms with van der Waals surface area (Å²) < 4.78 is 10.8. The van der Waals surface area contributed by atoms with Gasteiger partial charge >= 0.3 is 5.63 Å². The van der Waals surface area contributed by atoms with Gasteiger partial charge in [0.2, 0.25) is 6.40 Å². The number of ether oxygens (including phenoxy) is 1. The van der Waals surface area contributed by atoms with E-state index in [4.69, 9.17) is 14.0 Å². The first-order chi connectivity index (χ1) is 18.7. The van der Waals surface area contributed by atoms with Crippen molar-refractivity contribution in [3.8, 4) is 16.9 Å². The fourth-order valence-corrected chi connectivity index (χ4v) is 4.55. The highest BCUT2D eigenvalue weighted by atomic mass is 16.6. The molecule has 0 aliphatic carbocycles. The van der Waals surface area contributed by atoms with Crippen molar-refractivity contribution in [2.45, 2.75) is 90.4 Å². The molecule has 1 N–H and O–H groups in total. The van der Waals surface area contributed by atoms with Crippen molar-refractivity contribution in [2.24, 2.45) is 4.99 Å². The van der Waals surface area contributed by atoms with Crippen LogP contribution in [0.2, 0.25) is 0 Å². The van der Waals surface area contributed by atoms with Crippen LogP contribution in [0, 0.1) is 0 Å². The lowest BCUT2D eigenvalue weighted by molar-refractivity contribution is 0.191. The Morgan fingerprint density at radius 2 is 1.45 bits per heavy atom. The monoisotopic (exact) mass is 520 g/mol. The third-order valence-corrected chi connectivity index (χ3v) is 6.84. The Kier molecular flexibility index (Phi) is 13.5. The summed E-state index contributed by atoms with van der Waals surface area (Å²) in [5.41, 5.74) is 4.99. The maximum absolute atomic E-state index is 12.6. The first-order valence-corrected chi connectivity index (χ1v) is 14.3. The molecule has 6 nitrogen and oxygen atoms in total. The Morgan fingerprint density at radius 3 is 2.08 bits per heavy atom. The van der Waals surface area contributed by atoms with Crippen molar-refractivity contribution < 1.29 is 14.0 Å². The predicted molar refractivity (Wildman–Crippen MR) is 157 cm³/mol. The Bertz CT molecular complexity index is 1150. The minimum Gasteiger partial charge on any atom is -0.497 e.